The molecule has 1 fully saturated rings. The number of ether oxygens (including phenoxy) is 1. The van der Waals surface area contributed by atoms with Crippen LogP contribution in [0.25, 0.3) is 0 Å². The number of aliphatic hydroxyl groups is 1. The van der Waals surface area contributed by atoms with E-state index in [0.29, 0.717) is 5.56 Å². The molecule has 1 aliphatic rings. The number of rotatable bonds is 3. The van der Waals surface area contributed by atoms with Crippen LogP contribution in [0.5, 0.6) is 0 Å². The average Bonchev–Trinajstić information content (AvgIpc) is 2.44. The van der Waals surface area contributed by atoms with Gasteiger partial charge in [-0.15, -0.1) is 0 Å². The summed E-state index contributed by atoms with van der Waals surface area (Å²) in [4.78, 5) is 11.0. The first-order chi connectivity index (χ1) is 10.3. The Hall–Kier alpha value is -2.34. The first-order valence-electron chi connectivity index (χ1n) is 6.92. The van der Waals surface area contributed by atoms with Crippen LogP contribution in [0.1, 0.15) is 29.8 Å². The van der Waals surface area contributed by atoms with Gasteiger partial charge < -0.3 is 14.9 Å². The number of aromatic carboxylic acids is 1. The minimum atomic E-state index is -1.51. The smallest absolute Gasteiger partial charge is 0.335 e. The largest absolute Gasteiger partial charge is 0.478 e. The monoisotopic (exact) mass is 299 g/mol. The van der Waals surface area contributed by atoms with E-state index in [1.807, 2.05) is 0 Å². The SMILES string of the molecule is CC(C)[C@@](O)(C#Cc1cccc(C(=O)O)c1)C1(C#N)COC1. The van der Waals surface area contributed by atoms with Crippen LogP contribution in [0, 0.1) is 34.5 Å². The minimum Gasteiger partial charge on any atom is -0.478 e. The van der Waals surface area contributed by atoms with Crippen molar-refractivity contribution in [2.45, 2.75) is 19.4 Å². The molecule has 5 nitrogen and oxygen atoms in total. The number of benzene rings is 1. The molecule has 1 heterocycles. The second-order valence-corrected chi connectivity index (χ2v) is 5.74. The average molecular weight is 299 g/mol. The third-order valence-electron chi connectivity index (χ3n) is 3.98. The quantitative estimate of drug-likeness (QED) is 0.828. The summed E-state index contributed by atoms with van der Waals surface area (Å²) in [7, 11) is 0. The number of hydrogen-bond donors (Lipinski definition) is 2. The van der Waals surface area contributed by atoms with E-state index in [0.717, 1.165) is 0 Å². The second kappa shape index (κ2) is 5.81. The van der Waals surface area contributed by atoms with E-state index in [4.69, 9.17) is 9.84 Å². The molecule has 0 unspecified atom stereocenters. The topological polar surface area (TPSA) is 90.5 Å². The highest BCUT2D eigenvalue weighted by Crippen LogP contribution is 2.42. The van der Waals surface area contributed by atoms with Crippen LogP contribution in [0.2, 0.25) is 0 Å². The van der Waals surface area contributed by atoms with E-state index < -0.39 is 17.0 Å². The molecule has 2 N–H and O–H groups in total. The number of carboxylic acid groups (broad SMARTS) is 1. The summed E-state index contributed by atoms with van der Waals surface area (Å²) in [5, 5.41) is 29.3. The van der Waals surface area contributed by atoms with E-state index in [9.17, 15) is 15.2 Å². The Balaban J connectivity index is 2.40. The van der Waals surface area contributed by atoms with Gasteiger partial charge in [-0.05, 0) is 24.1 Å². The molecule has 1 atom stereocenters. The lowest BCUT2D eigenvalue weighted by molar-refractivity contribution is -0.180. The molecule has 5 heteroatoms. The molecule has 1 aromatic rings. The van der Waals surface area contributed by atoms with Crippen molar-refractivity contribution < 1.29 is 19.7 Å². The zero-order valence-electron chi connectivity index (χ0n) is 12.5. The molecule has 0 aromatic heterocycles. The Kier molecular flexibility index (Phi) is 4.23. The highest BCUT2D eigenvalue weighted by molar-refractivity contribution is 5.88. The molecule has 0 spiro atoms. The van der Waals surface area contributed by atoms with Crippen molar-refractivity contribution in [2.24, 2.45) is 11.3 Å². The number of carbonyl (C=O) groups is 1. The molecular weight excluding hydrogens is 282 g/mol. The van der Waals surface area contributed by atoms with Crippen LogP contribution in [0.4, 0.5) is 0 Å². The maximum atomic E-state index is 11.0. The molecule has 0 amide bonds. The number of nitrogens with zero attached hydrogens (tertiary/aromatic N) is 1. The molecule has 1 aromatic carbocycles. The zero-order chi connectivity index (χ0) is 16.4. The van der Waals surface area contributed by atoms with Crippen LogP contribution in [-0.2, 0) is 4.74 Å². The summed E-state index contributed by atoms with van der Waals surface area (Å²) in [5.41, 5.74) is -1.95. The summed E-state index contributed by atoms with van der Waals surface area (Å²) in [6.45, 7) is 3.86. The first-order valence-corrected chi connectivity index (χ1v) is 6.92. The predicted molar refractivity (Wildman–Crippen MR) is 78.9 cm³/mol. The van der Waals surface area contributed by atoms with Gasteiger partial charge in [-0.3, -0.25) is 0 Å². The highest BCUT2D eigenvalue weighted by Gasteiger charge is 2.57. The van der Waals surface area contributed by atoms with E-state index in [-0.39, 0.29) is 24.7 Å². The summed E-state index contributed by atoms with van der Waals surface area (Å²) in [6, 6.07) is 8.29. The lowest BCUT2D eigenvalue weighted by Crippen LogP contribution is -2.61. The second-order valence-electron chi connectivity index (χ2n) is 5.74. The van der Waals surface area contributed by atoms with Crippen molar-refractivity contribution in [1.82, 2.24) is 0 Å². The standard InChI is InChI=1S/C17H17NO4/c1-12(2)17(21,16(9-18)10-22-11-16)7-6-13-4-3-5-14(8-13)15(19)20/h3-5,8,12,21H,10-11H2,1-2H3,(H,19,20)/t17-/m0/s1. The molecule has 0 radical (unpaired) electrons. The molecular formula is C17H17NO4. The molecule has 0 bridgehead atoms. The highest BCUT2D eigenvalue weighted by atomic mass is 16.5. The Bertz CT molecular complexity index is 689. The summed E-state index contributed by atoms with van der Waals surface area (Å²) in [6.07, 6.45) is 0. The molecule has 1 aliphatic heterocycles. The normalized spacial score (nSPS) is 18.3. The van der Waals surface area contributed by atoms with Gasteiger partial charge in [0.1, 0.15) is 5.41 Å². The van der Waals surface area contributed by atoms with Gasteiger partial charge in [0, 0.05) is 5.56 Å². The van der Waals surface area contributed by atoms with Gasteiger partial charge in [-0.2, -0.15) is 5.26 Å². The Morgan fingerprint density at radius 3 is 2.59 bits per heavy atom. The fraction of sp³-hybridized carbons (Fsp3) is 0.412. The summed E-state index contributed by atoms with van der Waals surface area (Å²) >= 11 is 0. The van der Waals surface area contributed by atoms with Gasteiger partial charge in [0.25, 0.3) is 0 Å². The van der Waals surface area contributed by atoms with E-state index in [2.05, 4.69) is 17.9 Å². The lowest BCUT2D eigenvalue weighted by Gasteiger charge is -2.47. The van der Waals surface area contributed by atoms with E-state index in [1.165, 1.54) is 12.1 Å². The van der Waals surface area contributed by atoms with Crippen LogP contribution in [0.3, 0.4) is 0 Å². The third kappa shape index (κ3) is 2.57. The van der Waals surface area contributed by atoms with Crippen LogP contribution in [-0.4, -0.2) is 35.0 Å². The Morgan fingerprint density at radius 1 is 1.45 bits per heavy atom. The minimum absolute atomic E-state index is 0.127. The van der Waals surface area contributed by atoms with Crippen molar-refractivity contribution >= 4 is 5.97 Å². The summed E-state index contributed by atoms with van der Waals surface area (Å²) in [5.74, 6) is 4.27. The maximum absolute atomic E-state index is 11.0. The van der Waals surface area contributed by atoms with Gasteiger partial charge in [0.05, 0.1) is 24.8 Å². The maximum Gasteiger partial charge on any atom is 0.335 e. The summed E-state index contributed by atoms with van der Waals surface area (Å²) < 4.78 is 5.10. The molecule has 0 aliphatic carbocycles. The molecule has 22 heavy (non-hydrogen) atoms. The van der Waals surface area contributed by atoms with E-state index in [1.54, 1.807) is 26.0 Å². The molecule has 114 valence electrons. The molecule has 0 saturated carbocycles. The van der Waals surface area contributed by atoms with Gasteiger partial charge in [0.15, 0.2) is 5.60 Å². The number of hydrogen-bond acceptors (Lipinski definition) is 4. The van der Waals surface area contributed by atoms with Crippen LogP contribution < -0.4 is 0 Å². The van der Waals surface area contributed by atoms with Crippen molar-refractivity contribution in [1.29, 1.82) is 5.26 Å². The van der Waals surface area contributed by atoms with E-state index >= 15 is 0 Å². The third-order valence-corrected chi connectivity index (χ3v) is 3.98. The van der Waals surface area contributed by atoms with Gasteiger partial charge in [-0.25, -0.2) is 4.79 Å². The van der Waals surface area contributed by atoms with Gasteiger partial charge >= 0.3 is 5.97 Å². The molecule has 2 rings (SSSR count). The van der Waals surface area contributed by atoms with Crippen LogP contribution in [0.15, 0.2) is 24.3 Å². The zero-order valence-corrected chi connectivity index (χ0v) is 12.5. The van der Waals surface area contributed by atoms with Crippen molar-refractivity contribution in [2.75, 3.05) is 13.2 Å². The predicted octanol–water partition coefficient (Wildman–Crippen LogP) is 1.66. The fourth-order valence-corrected chi connectivity index (χ4v) is 2.39. The Labute approximate surface area is 129 Å². The first kappa shape index (κ1) is 16.0. The Morgan fingerprint density at radius 2 is 2.14 bits per heavy atom. The van der Waals surface area contributed by atoms with Crippen molar-refractivity contribution in [3.63, 3.8) is 0 Å². The molecule has 1 saturated heterocycles. The van der Waals surface area contributed by atoms with Crippen LogP contribution >= 0.6 is 0 Å². The number of nitriles is 1. The van der Waals surface area contributed by atoms with Crippen molar-refractivity contribution in [3.8, 4) is 17.9 Å². The van der Waals surface area contributed by atoms with Gasteiger partial charge in [0.2, 0.25) is 0 Å². The fourth-order valence-electron chi connectivity index (χ4n) is 2.39. The lowest BCUT2D eigenvalue weighted by atomic mass is 9.66. The van der Waals surface area contributed by atoms with Crippen molar-refractivity contribution in [3.05, 3.63) is 35.4 Å². The van der Waals surface area contributed by atoms with Gasteiger partial charge in [-0.1, -0.05) is 31.8 Å². The number of carboxylic acids is 1.